The Hall–Kier alpha value is -3.29. The number of rotatable bonds is 5. The Morgan fingerprint density at radius 2 is 1.62 bits per heavy atom. The van der Waals surface area contributed by atoms with Gasteiger partial charge in [0.05, 0.1) is 19.9 Å². The number of anilines is 2. The molecule has 0 aliphatic carbocycles. The number of nitrogens with one attached hydrogen (secondary N) is 1. The van der Waals surface area contributed by atoms with E-state index in [1.54, 1.807) is 0 Å². The first kappa shape index (κ1) is 20.4. The maximum Gasteiger partial charge on any atom is 0.316 e. The molecule has 3 aromatic rings. The van der Waals surface area contributed by atoms with E-state index in [4.69, 9.17) is 4.74 Å². The lowest BCUT2D eigenvalue weighted by atomic mass is 10.1. The summed E-state index contributed by atoms with van der Waals surface area (Å²) in [6, 6.07) is 5.71. The number of halogens is 3. The lowest BCUT2D eigenvalue weighted by Gasteiger charge is -2.17. The summed E-state index contributed by atoms with van der Waals surface area (Å²) in [5.41, 5.74) is 3.39. The topological polar surface area (TPSA) is 56.1 Å². The highest BCUT2D eigenvalue weighted by molar-refractivity contribution is 5.61. The summed E-state index contributed by atoms with van der Waals surface area (Å²) >= 11 is 0. The molecule has 0 amide bonds. The van der Waals surface area contributed by atoms with Gasteiger partial charge < -0.3 is 14.6 Å². The Balaban J connectivity index is 2.07. The molecule has 29 heavy (non-hydrogen) atoms. The van der Waals surface area contributed by atoms with E-state index >= 15 is 0 Å². The van der Waals surface area contributed by atoms with Crippen LogP contribution in [-0.4, -0.2) is 16.7 Å². The molecular weight excluding hydrogens is 383 g/mol. The summed E-state index contributed by atoms with van der Waals surface area (Å²) < 4.78 is 47.0. The normalized spacial score (nSPS) is 10.9. The monoisotopic (exact) mass is 403 g/mol. The van der Waals surface area contributed by atoms with Crippen LogP contribution in [0, 0.1) is 38.2 Å². The molecule has 1 heterocycles. The second-order valence-electron chi connectivity index (χ2n) is 6.82. The Labute approximate surface area is 165 Å². The van der Waals surface area contributed by atoms with Crippen molar-refractivity contribution in [3.8, 4) is 5.75 Å². The van der Waals surface area contributed by atoms with Gasteiger partial charge in [0.15, 0.2) is 17.5 Å². The average Bonchev–Trinajstić information content (AvgIpc) is 2.66. The summed E-state index contributed by atoms with van der Waals surface area (Å²) in [6.45, 7) is 5.79. The molecule has 0 bridgehead atoms. The number of benzene rings is 2. The minimum Gasteiger partial charge on any atom is -0.490 e. The van der Waals surface area contributed by atoms with Crippen molar-refractivity contribution in [1.82, 2.24) is 9.55 Å². The fourth-order valence-electron chi connectivity index (χ4n) is 2.95. The molecule has 0 radical (unpaired) electrons. The van der Waals surface area contributed by atoms with Crippen LogP contribution in [-0.2, 0) is 6.54 Å². The Morgan fingerprint density at radius 1 is 1.00 bits per heavy atom. The summed E-state index contributed by atoms with van der Waals surface area (Å²) in [5, 5.41) is 3.10. The number of hydrogen-bond donors (Lipinski definition) is 1. The molecule has 0 aliphatic rings. The van der Waals surface area contributed by atoms with Crippen LogP contribution in [0.2, 0.25) is 0 Å². The van der Waals surface area contributed by atoms with Crippen LogP contribution in [0.5, 0.6) is 5.75 Å². The number of nitrogens with zero attached hydrogens (tertiary/aromatic N) is 2. The number of hydrogen-bond acceptors (Lipinski definition) is 4. The van der Waals surface area contributed by atoms with Gasteiger partial charge in [0, 0.05) is 5.69 Å². The van der Waals surface area contributed by atoms with Gasteiger partial charge in [0.1, 0.15) is 0 Å². The first-order chi connectivity index (χ1) is 13.7. The SMILES string of the molecule is COc1cn(Cc2cc(F)c(F)c(F)c2)c(Nc2cc(C)c(C)cc2C)nc1=O. The van der Waals surface area contributed by atoms with Gasteiger partial charge in [-0.15, -0.1) is 0 Å². The van der Waals surface area contributed by atoms with Crippen molar-refractivity contribution >= 4 is 11.6 Å². The van der Waals surface area contributed by atoms with E-state index in [0.717, 1.165) is 34.5 Å². The largest absolute Gasteiger partial charge is 0.490 e. The third kappa shape index (κ3) is 4.26. The van der Waals surface area contributed by atoms with Crippen molar-refractivity contribution in [3.63, 3.8) is 0 Å². The van der Waals surface area contributed by atoms with Crippen LogP contribution < -0.4 is 15.6 Å². The third-order valence-corrected chi connectivity index (χ3v) is 4.67. The summed E-state index contributed by atoms with van der Waals surface area (Å²) in [5.74, 6) is -3.99. The average molecular weight is 403 g/mol. The van der Waals surface area contributed by atoms with E-state index in [9.17, 15) is 18.0 Å². The first-order valence-corrected chi connectivity index (χ1v) is 8.83. The third-order valence-electron chi connectivity index (χ3n) is 4.67. The minimum atomic E-state index is -1.53. The second kappa shape index (κ2) is 7.98. The zero-order valence-corrected chi connectivity index (χ0v) is 16.4. The zero-order chi connectivity index (χ0) is 21.3. The highest BCUT2D eigenvalue weighted by atomic mass is 19.2. The minimum absolute atomic E-state index is 0.0320. The summed E-state index contributed by atoms with van der Waals surface area (Å²) in [4.78, 5) is 16.2. The van der Waals surface area contributed by atoms with Crippen molar-refractivity contribution < 1.29 is 17.9 Å². The van der Waals surface area contributed by atoms with Crippen LogP contribution in [0.4, 0.5) is 24.8 Å². The molecule has 0 fully saturated rings. The van der Waals surface area contributed by atoms with Gasteiger partial charge in [-0.05, 0) is 61.2 Å². The smallest absolute Gasteiger partial charge is 0.316 e. The molecule has 0 saturated carbocycles. The Kier molecular flexibility index (Phi) is 5.63. The van der Waals surface area contributed by atoms with Gasteiger partial charge >= 0.3 is 5.56 Å². The van der Waals surface area contributed by atoms with Gasteiger partial charge in [-0.2, -0.15) is 4.98 Å². The van der Waals surface area contributed by atoms with E-state index in [2.05, 4.69) is 10.3 Å². The fraction of sp³-hybridized carbons (Fsp3) is 0.238. The van der Waals surface area contributed by atoms with Gasteiger partial charge in [-0.3, -0.25) is 4.79 Å². The molecule has 5 nitrogen and oxygen atoms in total. The van der Waals surface area contributed by atoms with Crippen LogP contribution in [0.25, 0.3) is 0 Å². The summed E-state index contributed by atoms with van der Waals surface area (Å²) in [7, 11) is 1.32. The standard InChI is InChI=1S/C21H20F3N3O2/c1-11-5-13(3)17(6-12(11)2)25-21-26-20(28)18(29-4)10-27(21)9-14-7-15(22)19(24)16(23)8-14/h5-8,10H,9H2,1-4H3,(H,25,26,28). The predicted molar refractivity (Wildman–Crippen MR) is 104 cm³/mol. The number of methoxy groups -OCH3 is 1. The van der Waals surface area contributed by atoms with Crippen molar-refractivity contribution in [3.05, 3.63) is 80.5 Å². The van der Waals surface area contributed by atoms with E-state index in [-0.39, 0.29) is 23.8 Å². The zero-order valence-electron chi connectivity index (χ0n) is 16.4. The van der Waals surface area contributed by atoms with Gasteiger partial charge in [-0.1, -0.05) is 6.07 Å². The number of aryl methyl sites for hydroxylation is 3. The Bertz CT molecular complexity index is 1120. The van der Waals surface area contributed by atoms with E-state index in [1.807, 2.05) is 32.9 Å². The van der Waals surface area contributed by atoms with Gasteiger partial charge in [-0.25, -0.2) is 13.2 Å². The first-order valence-electron chi connectivity index (χ1n) is 8.83. The van der Waals surface area contributed by atoms with Crippen molar-refractivity contribution in [2.75, 3.05) is 12.4 Å². The highest BCUT2D eigenvalue weighted by Gasteiger charge is 2.15. The molecule has 8 heteroatoms. The van der Waals surface area contributed by atoms with E-state index in [0.29, 0.717) is 0 Å². The predicted octanol–water partition coefficient (Wildman–Crippen LogP) is 4.39. The van der Waals surface area contributed by atoms with Crippen molar-refractivity contribution in [2.45, 2.75) is 27.3 Å². The molecule has 0 unspecified atom stereocenters. The highest BCUT2D eigenvalue weighted by Crippen LogP contribution is 2.24. The van der Waals surface area contributed by atoms with Crippen LogP contribution in [0.1, 0.15) is 22.3 Å². The number of ether oxygens (including phenoxy) is 1. The summed E-state index contributed by atoms with van der Waals surface area (Å²) in [6.07, 6.45) is 1.38. The molecule has 0 saturated heterocycles. The molecule has 0 aliphatic heterocycles. The fourth-order valence-corrected chi connectivity index (χ4v) is 2.95. The molecular formula is C21H20F3N3O2. The van der Waals surface area contributed by atoms with E-state index in [1.165, 1.54) is 17.9 Å². The van der Waals surface area contributed by atoms with Crippen LogP contribution in [0.3, 0.4) is 0 Å². The molecule has 152 valence electrons. The Morgan fingerprint density at radius 3 is 2.24 bits per heavy atom. The maximum absolute atomic E-state index is 13.6. The number of aromatic nitrogens is 2. The van der Waals surface area contributed by atoms with Crippen LogP contribution in [0.15, 0.2) is 35.3 Å². The quantitative estimate of drug-likeness (QED) is 0.642. The molecule has 0 spiro atoms. The maximum atomic E-state index is 13.6. The molecule has 0 atom stereocenters. The van der Waals surface area contributed by atoms with Crippen LogP contribution >= 0.6 is 0 Å². The lowest BCUT2D eigenvalue weighted by Crippen LogP contribution is -2.19. The second-order valence-corrected chi connectivity index (χ2v) is 6.82. The molecule has 3 rings (SSSR count). The van der Waals surface area contributed by atoms with Gasteiger partial charge in [0.2, 0.25) is 11.7 Å². The van der Waals surface area contributed by atoms with Gasteiger partial charge in [0.25, 0.3) is 0 Å². The molecule has 2 aromatic carbocycles. The molecule has 1 N–H and O–H groups in total. The van der Waals surface area contributed by atoms with Crippen molar-refractivity contribution in [2.24, 2.45) is 0 Å². The van der Waals surface area contributed by atoms with E-state index < -0.39 is 23.0 Å². The lowest BCUT2D eigenvalue weighted by molar-refractivity contribution is 0.402. The van der Waals surface area contributed by atoms with Crippen molar-refractivity contribution in [1.29, 1.82) is 0 Å². The molecule has 1 aromatic heterocycles.